The Balaban J connectivity index is 2.11. The molecule has 1 aliphatic rings. The normalized spacial score (nSPS) is 15.0. The molecule has 0 bridgehead atoms. The van der Waals surface area contributed by atoms with E-state index in [1.165, 1.54) is 0 Å². The van der Waals surface area contributed by atoms with Crippen molar-refractivity contribution in [1.82, 2.24) is 15.3 Å². The Morgan fingerprint density at radius 1 is 1.22 bits per heavy atom. The number of aryl methyl sites for hydroxylation is 1. The third-order valence-electron chi connectivity index (χ3n) is 3.99. The molecule has 3 rings (SSSR count). The molecule has 0 saturated carbocycles. The summed E-state index contributed by atoms with van der Waals surface area (Å²) >= 11 is 12.4. The molecule has 1 saturated heterocycles. The van der Waals surface area contributed by atoms with E-state index < -0.39 is 0 Å². The van der Waals surface area contributed by atoms with Crippen molar-refractivity contribution in [2.24, 2.45) is 5.73 Å². The third kappa shape index (κ3) is 3.43. The van der Waals surface area contributed by atoms with Gasteiger partial charge in [0.1, 0.15) is 0 Å². The van der Waals surface area contributed by atoms with Crippen LogP contribution in [0.15, 0.2) is 18.2 Å². The SMILES string of the molecule is Cc1nc(N2CCNCC2)nc(-c2ccc(Cl)cc2Cl)c1CN. The molecule has 2 heterocycles. The first kappa shape index (κ1) is 16.5. The van der Waals surface area contributed by atoms with E-state index in [1.807, 2.05) is 19.1 Å². The summed E-state index contributed by atoms with van der Waals surface area (Å²) < 4.78 is 0. The number of rotatable bonds is 3. The summed E-state index contributed by atoms with van der Waals surface area (Å²) in [7, 11) is 0. The van der Waals surface area contributed by atoms with Crippen molar-refractivity contribution in [2.45, 2.75) is 13.5 Å². The van der Waals surface area contributed by atoms with Crippen molar-refractivity contribution < 1.29 is 0 Å². The molecule has 5 nitrogen and oxygen atoms in total. The standard InChI is InChI=1S/C16H19Cl2N5/c1-10-13(9-19)15(12-3-2-11(17)8-14(12)18)22-16(21-10)23-6-4-20-5-7-23/h2-3,8,20H,4-7,9,19H2,1H3. The Morgan fingerprint density at radius 3 is 2.61 bits per heavy atom. The Hall–Kier alpha value is -1.40. The molecular weight excluding hydrogens is 333 g/mol. The fourth-order valence-corrected chi connectivity index (χ4v) is 3.23. The number of nitrogens with two attached hydrogens (primary N) is 1. The second-order valence-electron chi connectivity index (χ2n) is 5.50. The minimum absolute atomic E-state index is 0.363. The van der Waals surface area contributed by atoms with Crippen LogP contribution >= 0.6 is 23.2 Å². The number of hydrogen-bond donors (Lipinski definition) is 2. The Kier molecular flexibility index (Phi) is 5.02. The van der Waals surface area contributed by atoms with Crippen molar-refractivity contribution in [1.29, 1.82) is 0 Å². The van der Waals surface area contributed by atoms with Gasteiger partial charge in [0.25, 0.3) is 0 Å². The predicted octanol–water partition coefficient (Wildman–Crippen LogP) is 2.63. The van der Waals surface area contributed by atoms with Crippen molar-refractivity contribution in [3.8, 4) is 11.3 Å². The van der Waals surface area contributed by atoms with Crippen LogP contribution in [0.3, 0.4) is 0 Å². The molecule has 2 aromatic rings. The van der Waals surface area contributed by atoms with E-state index in [1.54, 1.807) is 6.07 Å². The van der Waals surface area contributed by atoms with Gasteiger partial charge in [-0.2, -0.15) is 0 Å². The highest BCUT2D eigenvalue weighted by atomic mass is 35.5. The molecule has 3 N–H and O–H groups in total. The highest BCUT2D eigenvalue weighted by molar-refractivity contribution is 6.36. The molecule has 0 spiro atoms. The molecule has 0 unspecified atom stereocenters. The van der Waals surface area contributed by atoms with Gasteiger partial charge < -0.3 is 16.0 Å². The molecular formula is C16H19Cl2N5. The first-order valence-corrected chi connectivity index (χ1v) is 8.34. The summed E-state index contributed by atoms with van der Waals surface area (Å²) in [4.78, 5) is 11.6. The number of hydrogen-bond acceptors (Lipinski definition) is 5. The maximum atomic E-state index is 6.37. The number of nitrogens with zero attached hydrogens (tertiary/aromatic N) is 3. The van der Waals surface area contributed by atoms with Gasteiger partial charge in [-0.3, -0.25) is 0 Å². The van der Waals surface area contributed by atoms with Gasteiger partial charge in [-0.1, -0.05) is 23.2 Å². The number of piperazine rings is 1. The highest BCUT2D eigenvalue weighted by Crippen LogP contribution is 2.33. The lowest BCUT2D eigenvalue weighted by atomic mass is 10.0. The molecule has 0 amide bonds. The van der Waals surface area contributed by atoms with Gasteiger partial charge in [-0.15, -0.1) is 0 Å². The Morgan fingerprint density at radius 2 is 1.96 bits per heavy atom. The van der Waals surface area contributed by atoms with Crippen LogP contribution in [0.5, 0.6) is 0 Å². The quantitative estimate of drug-likeness (QED) is 0.889. The van der Waals surface area contributed by atoms with E-state index in [0.29, 0.717) is 16.6 Å². The molecule has 0 atom stereocenters. The van der Waals surface area contributed by atoms with Crippen LogP contribution in [0.25, 0.3) is 11.3 Å². The first-order chi connectivity index (χ1) is 11.1. The van der Waals surface area contributed by atoms with Crippen molar-refractivity contribution in [3.05, 3.63) is 39.5 Å². The van der Waals surface area contributed by atoms with E-state index in [0.717, 1.165) is 54.6 Å². The second-order valence-corrected chi connectivity index (χ2v) is 6.35. The largest absolute Gasteiger partial charge is 0.338 e. The van der Waals surface area contributed by atoms with Gasteiger partial charge in [0.05, 0.1) is 10.7 Å². The van der Waals surface area contributed by atoms with Crippen LogP contribution in [0, 0.1) is 6.92 Å². The average Bonchev–Trinajstić information content (AvgIpc) is 2.55. The third-order valence-corrected chi connectivity index (χ3v) is 4.54. The fourth-order valence-electron chi connectivity index (χ4n) is 2.74. The Bertz CT molecular complexity index is 714. The maximum Gasteiger partial charge on any atom is 0.226 e. The zero-order valence-corrected chi connectivity index (χ0v) is 14.5. The zero-order chi connectivity index (χ0) is 16.4. The zero-order valence-electron chi connectivity index (χ0n) is 12.9. The summed E-state index contributed by atoms with van der Waals surface area (Å²) in [5.41, 5.74) is 9.34. The summed E-state index contributed by atoms with van der Waals surface area (Å²) in [6.07, 6.45) is 0. The monoisotopic (exact) mass is 351 g/mol. The van der Waals surface area contributed by atoms with Crippen LogP contribution in [0.2, 0.25) is 10.0 Å². The number of benzene rings is 1. The van der Waals surface area contributed by atoms with Crippen LogP contribution in [-0.4, -0.2) is 36.1 Å². The van der Waals surface area contributed by atoms with Crippen LogP contribution < -0.4 is 16.0 Å². The van der Waals surface area contributed by atoms with Crippen molar-refractivity contribution in [2.75, 3.05) is 31.1 Å². The van der Waals surface area contributed by atoms with E-state index in [4.69, 9.17) is 33.9 Å². The number of aromatic nitrogens is 2. The summed E-state index contributed by atoms with van der Waals surface area (Å²) in [6.45, 7) is 5.95. The van der Waals surface area contributed by atoms with E-state index in [2.05, 4.69) is 15.2 Å². The molecule has 1 aromatic carbocycles. The minimum atomic E-state index is 0.363. The van der Waals surface area contributed by atoms with Gasteiger partial charge in [0, 0.05) is 54.6 Å². The Labute approximate surface area is 145 Å². The summed E-state index contributed by atoms with van der Waals surface area (Å²) in [5.74, 6) is 0.724. The molecule has 122 valence electrons. The van der Waals surface area contributed by atoms with Crippen LogP contribution in [-0.2, 0) is 6.54 Å². The van der Waals surface area contributed by atoms with Crippen molar-refractivity contribution in [3.63, 3.8) is 0 Å². The van der Waals surface area contributed by atoms with E-state index >= 15 is 0 Å². The molecule has 7 heteroatoms. The fraction of sp³-hybridized carbons (Fsp3) is 0.375. The van der Waals surface area contributed by atoms with Gasteiger partial charge in [-0.05, 0) is 25.1 Å². The molecule has 0 radical (unpaired) electrons. The number of halogens is 2. The molecule has 1 aromatic heterocycles. The van der Waals surface area contributed by atoms with Gasteiger partial charge in [0.2, 0.25) is 5.95 Å². The summed E-state index contributed by atoms with van der Waals surface area (Å²) in [5, 5.41) is 4.49. The minimum Gasteiger partial charge on any atom is -0.338 e. The summed E-state index contributed by atoms with van der Waals surface area (Å²) in [6, 6.07) is 5.42. The van der Waals surface area contributed by atoms with E-state index in [9.17, 15) is 0 Å². The van der Waals surface area contributed by atoms with Gasteiger partial charge in [0.15, 0.2) is 0 Å². The van der Waals surface area contributed by atoms with E-state index in [-0.39, 0.29) is 0 Å². The van der Waals surface area contributed by atoms with Crippen LogP contribution in [0.1, 0.15) is 11.3 Å². The molecule has 23 heavy (non-hydrogen) atoms. The highest BCUT2D eigenvalue weighted by Gasteiger charge is 2.19. The van der Waals surface area contributed by atoms with Crippen molar-refractivity contribution >= 4 is 29.2 Å². The molecule has 1 fully saturated rings. The molecule has 0 aliphatic carbocycles. The molecule has 1 aliphatic heterocycles. The van der Waals surface area contributed by atoms with Gasteiger partial charge in [-0.25, -0.2) is 9.97 Å². The lowest BCUT2D eigenvalue weighted by Gasteiger charge is -2.28. The number of nitrogens with one attached hydrogen (secondary N) is 1. The maximum absolute atomic E-state index is 6.37. The van der Waals surface area contributed by atoms with Gasteiger partial charge >= 0.3 is 0 Å². The van der Waals surface area contributed by atoms with Crippen LogP contribution in [0.4, 0.5) is 5.95 Å². The topological polar surface area (TPSA) is 67.1 Å². The number of anilines is 1. The lowest BCUT2D eigenvalue weighted by Crippen LogP contribution is -2.44. The smallest absolute Gasteiger partial charge is 0.226 e. The second kappa shape index (κ2) is 7.01. The first-order valence-electron chi connectivity index (χ1n) is 7.59. The average molecular weight is 352 g/mol. The lowest BCUT2D eigenvalue weighted by molar-refractivity contribution is 0.579. The predicted molar refractivity (Wildman–Crippen MR) is 95.2 cm³/mol.